The number of hydrogen-bond acceptors (Lipinski definition) is 5. The molecule has 2 heterocycles. The molecule has 1 unspecified atom stereocenters. The number of rotatable bonds is 7. The van der Waals surface area contributed by atoms with Crippen LogP contribution < -0.4 is 0 Å². The summed E-state index contributed by atoms with van der Waals surface area (Å²) in [6.45, 7) is 6.80. The second-order valence-electron chi connectivity index (χ2n) is 6.54. The highest BCUT2D eigenvalue weighted by Crippen LogP contribution is 2.40. The number of ketones is 1. The Bertz CT molecular complexity index is 874. The number of benzene rings is 1. The molecule has 1 atom stereocenters. The van der Waals surface area contributed by atoms with Gasteiger partial charge in [0.2, 0.25) is 0 Å². The molecule has 0 aliphatic carbocycles. The van der Waals surface area contributed by atoms with Crippen molar-refractivity contribution in [1.29, 1.82) is 0 Å². The Morgan fingerprint density at radius 3 is 2.43 bits per heavy atom. The molecule has 1 N–H and O–H groups in total. The summed E-state index contributed by atoms with van der Waals surface area (Å²) in [5.41, 5.74) is 0.364. The lowest BCUT2D eigenvalue weighted by atomic mass is 10.00. The first kappa shape index (κ1) is 20.2. The van der Waals surface area contributed by atoms with Crippen molar-refractivity contribution in [2.45, 2.75) is 19.9 Å². The Morgan fingerprint density at radius 2 is 1.86 bits per heavy atom. The number of amides is 1. The Morgan fingerprint density at radius 1 is 1.18 bits per heavy atom. The van der Waals surface area contributed by atoms with E-state index in [4.69, 9.17) is 0 Å². The first-order valence-corrected chi connectivity index (χ1v) is 10.2. The number of carbonyl (C=O) groups is 2. The summed E-state index contributed by atoms with van der Waals surface area (Å²) in [6.07, 6.45) is 0. The van der Waals surface area contributed by atoms with Gasteiger partial charge in [-0.2, -0.15) is 0 Å². The molecular weight excluding hydrogens is 379 g/mol. The standard InChI is InChI=1S/C21H23FN2O3S/c1-3-23(4-2)11-12-24-18(16-6-5-13-28-16)17(20(26)21(24)27)19(25)14-7-9-15(22)10-8-14/h5-10,13,18,25H,3-4,11-12H2,1-2H3/b19-17-. The molecule has 0 spiro atoms. The van der Waals surface area contributed by atoms with Gasteiger partial charge >= 0.3 is 0 Å². The molecule has 1 aliphatic heterocycles. The van der Waals surface area contributed by atoms with E-state index in [0.717, 1.165) is 18.0 Å². The van der Waals surface area contributed by atoms with Gasteiger partial charge in [0.05, 0.1) is 11.6 Å². The van der Waals surface area contributed by atoms with Crippen LogP contribution in [0.1, 0.15) is 30.3 Å². The fourth-order valence-electron chi connectivity index (χ4n) is 3.41. The number of nitrogens with zero attached hydrogens (tertiary/aromatic N) is 2. The number of likely N-dealkylation sites (tertiary alicyclic amines) is 1. The van der Waals surface area contributed by atoms with Crippen molar-refractivity contribution < 1.29 is 19.1 Å². The number of thiophene rings is 1. The molecule has 1 aromatic carbocycles. The zero-order valence-corrected chi connectivity index (χ0v) is 16.7. The van der Waals surface area contributed by atoms with Crippen LogP contribution in [0.3, 0.4) is 0 Å². The molecule has 0 saturated carbocycles. The third kappa shape index (κ3) is 3.86. The van der Waals surface area contributed by atoms with Crippen molar-refractivity contribution in [2.24, 2.45) is 0 Å². The van der Waals surface area contributed by atoms with Crippen LogP contribution in [0.25, 0.3) is 5.76 Å². The highest BCUT2D eigenvalue weighted by Gasteiger charge is 2.46. The molecule has 7 heteroatoms. The summed E-state index contributed by atoms with van der Waals surface area (Å²) in [5, 5.41) is 12.7. The van der Waals surface area contributed by atoms with E-state index >= 15 is 0 Å². The maximum Gasteiger partial charge on any atom is 0.295 e. The number of halogens is 1. The Balaban J connectivity index is 2.03. The molecule has 28 heavy (non-hydrogen) atoms. The fraction of sp³-hybridized carbons (Fsp3) is 0.333. The number of aliphatic hydroxyl groups excluding tert-OH is 1. The topological polar surface area (TPSA) is 60.9 Å². The molecule has 1 amide bonds. The minimum Gasteiger partial charge on any atom is -0.507 e. The maximum atomic E-state index is 13.2. The van der Waals surface area contributed by atoms with Crippen LogP contribution in [0, 0.1) is 5.82 Å². The quantitative estimate of drug-likeness (QED) is 0.436. The molecule has 148 valence electrons. The van der Waals surface area contributed by atoms with Crippen LogP contribution in [-0.4, -0.2) is 52.8 Å². The van der Waals surface area contributed by atoms with Gasteiger partial charge in [0.1, 0.15) is 11.6 Å². The van der Waals surface area contributed by atoms with Gasteiger partial charge in [0.25, 0.3) is 11.7 Å². The van der Waals surface area contributed by atoms with Crippen molar-refractivity contribution >= 4 is 28.8 Å². The molecule has 0 bridgehead atoms. The largest absolute Gasteiger partial charge is 0.507 e. The zero-order chi connectivity index (χ0) is 20.3. The predicted octanol–water partition coefficient (Wildman–Crippen LogP) is 3.65. The number of aliphatic hydroxyl groups is 1. The van der Waals surface area contributed by atoms with Crippen LogP contribution in [0.15, 0.2) is 47.4 Å². The molecule has 1 aromatic heterocycles. The summed E-state index contributed by atoms with van der Waals surface area (Å²) < 4.78 is 13.2. The molecule has 2 aromatic rings. The van der Waals surface area contributed by atoms with Crippen LogP contribution >= 0.6 is 11.3 Å². The molecule has 5 nitrogen and oxygen atoms in total. The van der Waals surface area contributed by atoms with Crippen LogP contribution in [0.2, 0.25) is 0 Å². The van der Waals surface area contributed by atoms with E-state index in [0.29, 0.717) is 18.7 Å². The van der Waals surface area contributed by atoms with E-state index < -0.39 is 23.5 Å². The monoisotopic (exact) mass is 402 g/mol. The van der Waals surface area contributed by atoms with Crippen molar-refractivity contribution in [2.75, 3.05) is 26.2 Å². The highest BCUT2D eigenvalue weighted by atomic mass is 32.1. The first-order chi connectivity index (χ1) is 13.5. The van der Waals surface area contributed by atoms with E-state index in [2.05, 4.69) is 4.90 Å². The van der Waals surface area contributed by atoms with Gasteiger partial charge in [0.15, 0.2) is 0 Å². The fourth-order valence-corrected chi connectivity index (χ4v) is 4.25. The highest BCUT2D eigenvalue weighted by molar-refractivity contribution is 7.10. The summed E-state index contributed by atoms with van der Waals surface area (Å²) >= 11 is 1.43. The zero-order valence-electron chi connectivity index (χ0n) is 15.9. The van der Waals surface area contributed by atoms with Crippen molar-refractivity contribution in [3.05, 3.63) is 63.6 Å². The molecular formula is C21H23FN2O3S. The normalized spacial score (nSPS) is 19.0. The predicted molar refractivity (Wildman–Crippen MR) is 108 cm³/mol. The molecule has 1 fully saturated rings. The summed E-state index contributed by atoms with van der Waals surface area (Å²) in [5.74, 6) is -2.04. The lowest BCUT2D eigenvalue weighted by Gasteiger charge is -2.27. The molecule has 0 radical (unpaired) electrons. The van der Waals surface area contributed by atoms with Gasteiger partial charge in [-0.3, -0.25) is 9.59 Å². The molecule has 3 rings (SSSR count). The van der Waals surface area contributed by atoms with Gasteiger partial charge in [-0.25, -0.2) is 4.39 Å². The van der Waals surface area contributed by atoms with E-state index in [-0.39, 0.29) is 11.3 Å². The molecule has 1 saturated heterocycles. The Labute approximate surface area is 167 Å². The third-order valence-corrected chi connectivity index (χ3v) is 5.95. The minimum absolute atomic E-state index is 0.0543. The molecule has 1 aliphatic rings. The van der Waals surface area contributed by atoms with Crippen molar-refractivity contribution in [3.8, 4) is 0 Å². The van der Waals surface area contributed by atoms with Crippen LogP contribution in [-0.2, 0) is 9.59 Å². The summed E-state index contributed by atoms with van der Waals surface area (Å²) in [7, 11) is 0. The van der Waals surface area contributed by atoms with E-state index in [1.807, 2.05) is 31.4 Å². The van der Waals surface area contributed by atoms with Crippen molar-refractivity contribution in [3.63, 3.8) is 0 Å². The summed E-state index contributed by atoms with van der Waals surface area (Å²) in [4.78, 5) is 30.1. The lowest BCUT2D eigenvalue weighted by molar-refractivity contribution is -0.140. The number of likely N-dealkylation sites (N-methyl/N-ethyl adjacent to an activating group) is 1. The van der Waals surface area contributed by atoms with Gasteiger partial charge in [-0.15, -0.1) is 11.3 Å². The third-order valence-electron chi connectivity index (χ3n) is 5.02. The maximum absolute atomic E-state index is 13.2. The average Bonchev–Trinajstić information content (AvgIpc) is 3.31. The average molecular weight is 402 g/mol. The number of carbonyl (C=O) groups excluding carboxylic acids is 2. The Hall–Kier alpha value is -2.51. The number of Topliss-reactive ketones (excluding diaryl/α,β-unsaturated/α-hetero) is 1. The summed E-state index contributed by atoms with van der Waals surface area (Å²) in [6, 6.07) is 8.29. The van der Waals surface area contributed by atoms with E-state index in [1.165, 1.54) is 40.5 Å². The second kappa shape index (κ2) is 8.67. The smallest absolute Gasteiger partial charge is 0.295 e. The van der Waals surface area contributed by atoms with Crippen LogP contribution in [0.4, 0.5) is 4.39 Å². The SMILES string of the molecule is CCN(CC)CCN1C(=O)C(=O)/C(=C(\O)c2ccc(F)cc2)C1c1cccs1. The Kier molecular flexibility index (Phi) is 6.26. The van der Waals surface area contributed by atoms with E-state index in [9.17, 15) is 19.1 Å². The lowest BCUT2D eigenvalue weighted by Crippen LogP contribution is -2.37. The first-order valence-electron chi connectivity index (χ1n) is 9.28. The van der Waals surface area contributed by atoms with Gasteiger partial charge in [-0.1, -0.05) is 19.9 Å². The van der Waals surface area contributed by atoms with Crippen LogP contribution in [0.5, 0.6) is 0 Å². The number of hydrogen-bond donors (Lipinski definition) is 1. The van der Waals surface area contributed by atoms with Gasteiger partial charge < -0.3 is 14.9 Å². The van der Waals surface area contributed by atoms with E-state index in [1.54, 1.807) is 0 Å². The van der Waals surface area contributed by atoms with Gasteiger partial charge in [-0.05, 0) is 48.8 Å². The second-order valence-corrected chi connectivity index (χ2v) is 7.52. The minimum atomic E-state index is -0.709. The van der Waals surface area contributed by atoms with Crippen molar-refractivity contribution in [1.82, 2.24) is 9.80 Å². The van der Waals surface area contributed by atoms with Gasteiger partial charge in [0, 0.05) is 23.5 Å².